The molecule has 0 amide bonds. The summed E-state index contributed by atoms with van der Waals surface area (Å²) in [5.41, 5.74) is 0.439. The van der Waals surface area contributed by atoms with E-state index in [9.17, 15) is 19.7 Å². The van der Waals surface area contributed by atoms with Crippen molar-refractivity contribution in [3.63, 3.8) is 0 Å². The Morgan fingerprint density at radius 1 is 1.39 bits per heavy atom. The number of hydrazone groups is 1. The third-order valence-corrected chi connectivity index (χ3v) is 3.22. The summed E-state index contributed by atoms with van der Waals surface area (Å²) in [4.78, 5) is 33.9. The van der Waals surface area contributed by atoms with Gasteiger partial charge in [-0.05, 0) is 19.1 Å². The van der Waals surface area contributed by atoms with Crippen molar-refractivity contribution in [3.05, 3.63) is 34.4 Å². The first-order valence-corrected chi connectivity index (χ1v) is 6.84. The number of carbonyl (C=O) groups is 2. The average molecular weight is 321 g/mol. The van der Waals surface area contributed by atoms with Crippen molar-refractivity contribution < 1.29 is 24.0 Å². The zero-order valence-corrected chi connectivity index (χ0v) is 12.6. The molecule has 0 fully saturated rings. The fourth-order valence-corrected chi connectivity index (χ4v) is 2.14. The van der Waals surface area contributed by atoms with Crippen molar-refractivity contribution >= 4 is 29.0 Å². The van der Waals surface area contributed by atoms with Gasteiger partial charge in [0.05, 0.1) is 24.3 Å². The summed E-state index contributed by atoms with van der Waals surface area (Å²) in [6.45, 7) is 1.86. The van der Waals surface area contributed by atoms with Crippen molar-refractivity contribution in [1.29, 1.82) is 0 Å². The zero-order valence-electron chi connectivity index (χ0n) is 12.6. The number of esters is 2. The molecule has 0 bridgehead atoms. The van der Waals surface area contributed by atoms with Crippen LogP contribution in [-0.4, -0.2) is 42.3 Å². The molecule has 1 atom stereocenters. The van der Waals surface area contributed by atoms with E-state index in [4.69, 9.17) is 4.74 Å². The average Bonchev–Trinajstić information content (AvgIpc) is 2.99. The van der Waals surface area contributed by atoms with Crippen LogP contribution in [0.15, 0.2) is 29.4 Å². The number of nitrogens with zero attached hydrogens (tertiary/aromatic N) is 3. The molecule has 2 rings (SSSR count). The predicted octanol–water partition coefficient (Wildman–Crippen LogP) is 1.27. The van der Waals surface area contributed by atoms with Crippen LogP contribution in [0.5, 0.6) is 0 Å². The number of carbonyl (C=O) groups excluding carboxylic acids is 2. The number of hydrogen-bond acceptors (Lipinski definition) is 8. The van der Waals surface area contributed by atoms with Crippen LogP contribution in [0.2, 0.25) is 0 Å². The van der Waals surface area contributed by atoms with Gasteiger partial charge in [-0.3, -0.25) is 15.1 Å². The van der Waals surface area contributed by atoms with E-state index in [1.807, 2.05) is 0 Å². The highest BCUT2D eigenvalue weighted by molar-refractivity contribution is 6.38. The fraction of sp³-hybridized carbons (Fsp3) is 0.357. The van der Waals surface area contributed by atoms with Gasteiger partial charge in [0.1, 0.15) is 5.71 Å². The second-order valence-corrected chi connectivity index (χ2v) is 4.63. The van der Waals surface area contributed by atoms with Gasteiger partial charge in [-0.25, -0.2) is 9.59 Å². The molecule has 0 aromatic heterocycles. The van der Waals surface area contributed by atoms with Crippen LogP contribution in [0.3, 0.4) is 0 Å². The lowest BCUT2D eigenvalue weighted by molar-refractivity contribution is -0.384. The van der Waals surface area contributed by atoms with E-state index < -0.39 is 22.9 Å². The van der Waals surface area contributed by atoms with Crippen LogP contribution in [0.4, 0.5) is 11.4 Å². The maximum Gasteiger partial charge on any atom is 0.354 e. The van der Waals surface area contributed by atoms with Crippen molar-refractivity contribution in [3.8, 4) is 0 Å². The molecular formula is C14H15N3O6. The summed E-state index contributed by atoms with van der Waals surface area (Å²) in [7, 11) is 1.22. The van der Waals surface area contributed by atoms with Crippen molar-refractivity contribution in [2.24, 2.45) is 5.10 Å². The minimum Gasteiger partial charge on any atom is -0.464 e. The molecule has 1 aliphatic heterocycles. The molecule has 0 radical (unpaired) electrons. The second-order valence-electron chi connectivity index (χ2n) is 4.63. The maximum absolute atomic E-state index is 12.1. The third-order valence-electron chi connectivity index (χ3n) is 3.22. The van der Waals surface area contributed by atoms with Gasteiger partial charge in [-0.1, -0.05) is 0 Å². The first-order chi connectivity index (χ1) is 11.0. The number of nitro groups is 1. The molecule has 0 aliphatic carbocycles. The molecule has 0 N–H and O–H groups in total. The topological polar surface area (TPSA) is 111 Å². The quantitative estimate of drug-likeness (QED) is 0.456. The molecule has 0 spiro atoms. The van der Waals surface area contributed by atoms with E-state index in [-0.39, 0.29) is 24.4 Å². The van der Waals surface area contributed by atoms with Crippen LogP contribution in [0.25, 0.3) is 0 Å². The number of benzene rings is 1. The number of non-ortho nitro benzene ring substituents is 1. The predicted molar refractivity (Wildman–Crippen MR) is 80.1 cm³/mol. The van der Waals surface area contributed by atoms with Crippen molar-refractivity contribution in [1.82, 2.24) is 0 Å². The Morgan fingerprint density at radius 2 is 2.04 bits per heavy atom. The molecule has 1 aromatic carbocycles. The SMILES string of the molecule is CCOC(=O)[C@@H]1CC(C(=O)OC)=NN1c1ccc([N+](=O)[O-])cc1. The minimum absolute atomic E-state index is 0.0441. The summed E-state index contributed by atoms with van der Waals surface area (Å²) < 4.78 is 9.61. The Hall–Kier alpha value is -2.97. The van der Waals surface area contributed by atoms with Gasteiger partial charge in [0.2, 0.25) is 0 Å². The summed E-state index contributed by atoms with van der Waals surface area (Å²) in [5.74, 6) is -1.17. The summed E-state index contributed by atoms with van der Waals surface area (Å²) >= 11 is 0. The van der Waals surface area contributed by atoms with E-state index in [0.29, 0.717) is 5.69 Å². The molecule has 1 heterocycles. The van der Waals surface area contributed by atoms with E-state index >= 15 is 0 Å². The van der Waals surface area contributed by atoms with E-state index in [2.05, 4.69) is 9.84 Å². The molecule has 1 aromatic rings. The maximum atomic E-state index is 12.1. The van der Waals surface area contributed by atoms with E-state index in [0.717, 1.165) is 0 Å². The minimum atomic E-state index is -0.814. The van der Waals surface area contributed by atoms with Gasteiger partial charge in [-0.2, -0.15) is 5.10 Å². The largest absolute Gasteiger partial charge is 0.464 e. The summed E-state index contributed by atoms with van der Waals surface area (Å²) in [6.07, 6.45) is 0.0441. The summed E-state index contributed by atoms with van der Waals surface area (Å²) in [6, 6.07) is 4.68. The Morgan fingerprint density at radius 3 is 2.57 bits per heavy atom. The van der Waals surface area contributed by atoms with Crippen LogP contribution in [-0.2, 0) is 19.1 Å². The van der Waals surface area contributed by atoms with Gasteiger partial charge in [-0.15, -0.1) is 0 Å². The zero-order chi connectivity index (χ0) is 17.0. The van der Waals surface area contributed by atoms with Crippen molar-refractivity contribution in [2.75, 3.05) is 18.7 Å². The number of hydrogen-bond donors (Lipinski definition) is 0. The monoisotopic (exact) mass is 321 g/mol. The molecule has 23 heavy (non-hydrogen) atoms. The number of nitro benzene ring substituents is 1. The Kier molecular flexibility index (Phi) is 4.89. The Balaban J connectivity index is 2.32. The third kappa shape index (κ3) is 3.44. The fourth-order valence-electron chi connectivity index (χ4n) is 2.14. The standard InChI is InChI=1S/C14H15N3O6/c1-3-23-14(19)12-8-11(13(18)22-2)15-16(12)9-4-6-10(7-5-9)17(20)21/h4-7,12H,3,8H2,1-2H3/t12-/m0/s1. The Labute approximate surface area is 131 Å². The highest BCUT2D eigenvalue weighted by Crippen LogP contribution is 2.27. The van der Waals surface area contributed by atoms with Gasteiger partial charge in [0, 0.05) is 18.6 Å². The molecule has 0 saturated carbocycles. The smallest absolute Gasteiger partial charge is 0.354 e. The number of ether oxygens (including phenoxy) is 2. The molecule has 9 nitrogen and oxygen atoms in total. The first-order valence-electron chi connectivity index (χ1n) is 6.84. The molecular weight excluding hydrogens is 306 g/mol. The van der Waals surface area contributed by atoms with Crippen LogP contribution in [0, 0.1) is 10.1 Å². The van der Waals surface area contributed by atoms with Crippen LogP contribution < -0.4 is 5.01 Å². The van der Waals surface area contributed by atoms with Gasteiger partial charge in [0.25, 0.3) is 5.69 Å². The van der Waals surface area contributed by atoms with Gasteiger partial charge < -0.3 is 9.47 Å². The lowest BCUT2D eigenvalue weighted by Gasteiger charge is -2.21. The second kappa shape index (κ2) is 6.86. The van der Waals surface area contributed by atoms with Crippen molar-refractivity contribution in [2.45, 2.75) is 19.4 Å². The molecule has 0 unspecified atom stereocenters. The highest BCUT2D eigenvalue weighted by atomic mass is 16.6. The first kappa shape index (κ1) is 16.4. The molecule has 9 heteroatoms. The van der Waals surface area contributed by atoms with Crippen LogP contribution >= 0.6 is 0 Å². The van der Waals surface area contributed by atoms with Crippen LogP contribution in [0.1, 0.15) is 13.3 Å². The number of anilines is 1. The molecule has 0 saturated heterocycles. The van der Waals surface area contributed by atoms with Gasteiger partial charge in [0.15, 0.2) is 6.04 Å². The normalized spacial score (nSPS) is 16.7. The number of rotatable bonds is 5. The number of methoxy groups -OCH3 is 1. The molecule has 1 aliphatic rings. The Bertz CT molecular complexity index is 655. The lowest BCUT2D eigenvalue weighted by atomic mass is 10.1. The lowest BCUT2D eigenvalue weighted by Crippen LogP contribution is -2.36. The van der Waals surface area contributed by atoms with E-state index in [1.165, 1.54) is 36.4 Å². The van der Waals surface area contributed by atoms with Gasteiger partial charge >= 0.3 is 11.9 Å². The van der Waals surface area contributed by atoms with E-state index in [1.54, 1.807) is 6.92 Å². The summed E-state index contributed by atoms with van der Waals surface area (Å²) in [5, 5.41) is 16.1. The highest BCUT2D eigenvalue weighted by Gasteiger charge is 2.37. The molecule has 122 valence electrons.